The Hall–Kier alpha value is -0.0900. The Bertz CT molecular complexity index is 364. The quantitative estimate of drug-likeness (QED) is 0.307. The SMILES string of the molecule is CCCCCCCCCCCCC(O)c1cccc(I)c1. The van der Waals surface area contributed by atoms with Gasteiger partial charge >= 0.3 is 0 Å². The van der Waals surface area contributed by atoms with Gasteiger partial charge in [-0.2, -0.15) is 0 Å². The predicted molar refractivity (Wildman–Crippen MR) is 101 cm³/mol. The smallest absolute Gasteiger partial charge is 0.0790 e. The van der Waals surface area contributed by atoms with Gasteiger partial charge in [0.1, 0.15) is 0 Å². The second-order valence-corrected chi connectivity index (χ2v) is 7.29. The van der Waals surface area contributed by atoms with E-state index in [1.54, 1.807) is 0 Å². The number of hydrogen-bond donors (Lipinski definition) is 1. The maximum absolute atomic E-state index is 10.2. The van der Waals surface area contributed by atoms with E-state index < -0.39 is 0 Å². The molecule has 0 aliphatic heterocycles. The summed E-state index contributed by atoms with van der Waals surface area (Å²) in [6.07, 6.45) is 14.1. The molecule has 1 atom stereocenters. The molecule has 0 fully saturated rings. The summed E-state index contributed by atoms with van der Waals surface area (Å²) in [5.74, 6) is 0. The molecule has 0 aliphatic rings. The number of hydrogen-bond acceptors (Lipinski definition) is 1. The van der Waals surface area contributed by atoms with Gasteiger partial charge in [0.05, 0.1) is 6.10 Å². The fourth-order valence-electron chi connectivity index (χ4n) is 2.71. The monoisotopic (exact) mass is 402 g/mol. The molecule has 0 aromatic heterocycles. The molecule has 120 valence electrons. The van der Waals surface area contributed by atoms with Crippen molar-refractivity contribution in [3.05, 3.63) is 33.4 Å². The largest absolute Gasteiger partial charge is 0.388 e. The van der Waals surface area contributed by atoms with Crippen molar-refractivity contribution < 1.29 is 5.11 Å². The van der Waals surface area contributed by atoms with Crippen LogP contribution in [-0.4, -0.2) is 5.11 Å². The Morgan fingerprint density at radius 2 is 1.48 bits per heavy atom. The van der Waals surface area contributed by atoms with Crippen LogP contribution in [0.4, 0.5) is 0 Å². The van der Waals surface area contributed by atoms with Gasteiger partial charge in [0.15, 0.2) is 0 Å². The van der Waals surface area contributed by atoms with E-state index in [-0.39, 0.29) is 6.10 Å². The molecule has 1 rings (SSSR count). The molecule has 0 amide bonds. The molecule has 1 unspecified atom stereocenters. The maximum Gasteiger partial charge on any atom is 0.0790 e. The minimum Gasteiger partial charge on any atom is -0.388 e. The van der Waals surface area contributed by atoms with Gasteiger partial charge in [-0.25, -0.2) is 0 Å². The third-order valence-electron chi connectivity index (χ3n) is 4.06. The van der Waals surface area contributed by atoms with Crippen LogP contribution < -0.4 is 0 Å². The molecular formula is C19H31IO. The van der Waals surface area contributed by atoms with Crippen LogP contribution in [0, 0.1) is 3.57 Å². The van der Waals surface area contributed by atoms with Crippen LogP contribution >= 0.6 is 22.6 Å². The van der Waals surface area contributed by atoms with E-state index >= 15 is 0 Å². The summed E-state index contributed by atoms with van der Waals surface area (Å²) in [5, 5.41) is 10.2. The number of aliphatic hydroxyl groups excluding tert-OH is 1. The van der Waals surface area contributed by atoms with Crippen molar-refractivity contribution in [1.82, 2.24) is 0 Å². The van der Waals surface area contributed by atoms with Gasteiger partial charge in [-0.1, -0.05) is 83.3 Å². The van der Waals surface area contributed by atoms with Crippen LogP contribution in [-0.2, 0) is 0 Å². The first-order chi connectivity index (χ1) is 10.2. The van der Waals surface area contributed by atoms with E-state index in [2.05, 4.69) is 41.6 Å². The van der Waals surface area contributed by atoms with Crippen molar-refractivity contribution in [3.63, 3.8) is 0 Å². The zero-order valence-electron chi connectivity index (χ0n) is 13.5. The molecule has 0 bridgehead atoms. The van der Waals surface area contributed by atoms with Crippen molar-refractivity contribution in [2.75, 3.05) is 0 Å². The number of unbranched alkanes of at least 4 members (excludes halogenated alkanes) is 9. The van der Waals surface area contributed by atoms with Crippen LogP contribution in [0.3, 0.4) is 0 Å². The molecule has 21 heavy (non-hydrogen) atoms. The second kappa shape index (κ2) is 12.5. The van der Waals surface area contributed by atoms with Crippen molar-refractivity contribution in [3.8, 4) is 0 Å². The van der Waals surface area contributed by atoms with Gasteiger partial charge in [0, 0.05) is 3.57 Å². The highest BCUT2D eigenvalue weighted by molar-refractivity contribution is 14.1. The van der Waals surface area contributed by atoms with Gasteiger partial charge in [0.25, 0.3) is 0 Å². The van der Waals surface area contributed by atoms with Crippen LogP contribution in [0.25, 0.3) is 0 Å². The molecule has 1 aromatic rings. The third kappa shape index (κ3) is 9.51. The molecule has 0 aliphatic carbocycles. The van der Waals surface area contributed by atoms with Gasteiger partial charge < -0.3 is 5.11 Å². The molecule has 1 aromatic carbocycles. The lowest BCUT2D eigenvalue weighted by molar-refractivity contribution is 0.163. The third-order valence-corrected chi connectivity index (χ3v) is 4.74. The number of benzene rings is 1. The van der Waals surface area contributed by atoms with Crippen LogP contribution in [0.5, 0.6) is 0 Å². The Morgan fingerprint density at radius 3 is 2.05 bits per heavy atom. The fraction of sp³-hybridized carbons (Fsp3) is 0.684. The molecule has 0 saturated carbocycles. The van der Waals surface area contributed by atoms with Crippen LogP contribution in [0.2, 0.25) is 0 Å². The van der Waals surface area contributed by atoms with Crippen LogP contribution in [0.1, 0.15) is 89.2 Å². The van der Waals surface area contributed by atoms with E-state index in [1.807, 2.05) is 12.1 Å². The Morgan fingerprint density at radius 1 is 0.905 bits per heavy atom. The highest BCUT2D eigenvalue weighted by atomic mass is 127. The highest BCUT2D eigenvalue weighted by Gasteiger charge is 2.07. The normalized spacial score (nSPS) is 12.5. The molecule has 0 radical (unpaired) electrons. The fourth-order valence-corrected chi connectivity index (χ4v) is 3.27. The Kier molecular flexibility index (Phi) is 11.2. The first-order valence-corrected chi connectivity index (χ1v) is 9.75. The zero-order chi connectivity index (χ0) is 15.3. The molecule has 0 saturated heterocycles. The van der Waals surface area contributed by atoms with E-state index in [4.69, 9.17) is 0 Å². The predicted octanol–water partition coefficient (Wildman–Crippen LogP) is 6.64. The van der Waals surface area contributed by atoms with E-state index in [0.29, 0.717) is 0 Å². The Balaban J connectivity index is 1.96. The minimum absolute atomic E-state index is 0.284. The molecule has 0 heterocycles. The van der Waals surface area contributed by atoms with Crippen molar-refractivity contribution >= 4 is 22.6 Å². The summed E-state index contributed by atoms with van der Waals surface area (Å²) in [4.78, 5) is 0. The summed E-state index contributed by atoms with van der Waals surface area (Å²) >= 11 is 2.30. The van der Waals surface area contributed by atoms with Crippen LogP contribution in [0.15, 0.2) is 24.3 Å². The molecule has 1 nitrogen and oxygen atoms in total. The lowest BCUT2D eigenvalue weighted by Crippen LogP contribution is -1.97. The topological polar surface area (TPSA) is 20.2 Å². The van der Waals surface area contributed by atoms with Gasteiger partial charge in [-0.05, 0) is 46.7 Å². The average Bonchev–Trinajstić information content (AvgIpc) is 2.49. The van der Waals surface area contributed by atoms with Gasteiger partial charge in [-0.15, -0.1) is 0 Å². The summed E-state index contributed by atoms with van der Waals surface area (Å²) in [6, 6.07) is 8.21. The summed E-state index contributed by atoms with van der Waals surface area (Å²) in [5.41, 5.74) is 1.07. The number of rotatable bonds is 12. The highest BCUT2D eigenvalue weighted by Crippen LogP contribution is 2.21. The van der Waals surface area contributed by atoms with Gasteiger partial charge in [-0.3, -0.25) is 0 Å². The van der Waals surface area contributed by atoms with Gasteiger partial charge in [0.2, 0.25) is 0 Å². The minimum atomic E-state index is -0.284. The molecule has 0 spiro atoms. The number of halogens is 1. The lowest BCUT2D eigenvalue weighted by atomic mass is 10.0. The van der Waals surface area contributed by atoms with E-state index in [1.165, 1.54) is 61.4 Å². The second-order valence-electron chi connectivity index (χ2n) is 6.04. The number of aliphatic hydroxyl groups is 1. The molecular weight excluding hydrogens is 371 g/mol. The van der Waals surface area contributed by atoms with Crippen molar-refractivity contribution in [1.29, 1.82) is 0 Å². The molecule has 1 N–H and O–H groups in total. The summed E-state index contributed by atoms with van der Waals surface area (Å²) < 4.78 is 1.20. The molecule has 2 heteroatoms. The maximum atomic E-state index is 10.2. The summed E-state index contributed by atoms with van der Waals surface area (Å²) in [7, 11) is 0. The van der Waals surface area contributed by atoms with E-state index in [9.17, 15) is 5.11 Å². The summed E-state index contributed by atoms with van der Waals surface area (Å²) in [6.45, 7) is 2.27. The Labute approximate surface area is 144 Å². The van der Waals surface area contributed by atoms with Crippen molar-refractivity contribution in [2.45, 2.75) is 83.7 Å². The average molecular weight is 402 g/mol. The zero-order valence-corrected chi connectivity index (χ0v) is 15.6. The first-order valence-electron chi connectivity index (χ1n) is 8.67. The first kappa shape index (κ1) is 19.0. The standard InChI is InChI=1S/C19H31IO/c1-2-3-4-5-6-7-8-9-10-11-15-19(21)17-13-12-14-18(20)16-17/h12-14,16,19,21H,2-11,15H2,1H3. The van der Waals surface area contributed by atoms with Crippen molar-refractivity contribution in [2.24, 2.45) is 0 Å². The van der Waals surface area contributed by atoms with E-state index in [0.717, 1.165) is 18.4 Å². The lowest BCUT2D eigenvalue weighted by Gasteiger charge is -2.11.